The van der Waals surface area contributed by atoms with E-state index in [0.717, 1.165) is 25.9 Å². The van der Waals surface area contributed by atoms with Crippen molar-refractivity contribution in [1.29, 1.82) is 0 Å². The summed E-state index contributed by atoms with van der Waals surface area (Å²) in [6.45, 7) is 10.2. The number of likely N-dealkylation sites (tertiary alicyclic amines) is 1. The molecule has 4 rings (SSSR count). The maximum atomic E-state index is 13.6. The van der Waals surface area contributed by atoms with Crippen LogP contribution in [0.3, 0.4) is 0 Å². The van der Waals surface area contributed by atoms with Crippen LogP contribution in [0.4, 0.5) is 0 Å². The van der Waals surface area contributed by atoms with E-state index in [-0.39, 0.29) is 41.1 Å². The fourth-order valence-corrected chi connectivity index (χ4v) is 5.66. The van der Waals surface area contributed by atoms with Gasteiger partial charge in [-0.25, -0.2) is 0 Å². The van der Waals surface area contributed by atoms with E-state index in [1.807, 2.05) is 39.8 Å². The number of amides is 2. The van der Waals surface area contributed by atoms with Gasteiger partial charge < -0.3 is 10.6 Å². The van der Waals surface area contributed by atoms with Crippen LogP contribution >= 0.6 is 0 Å². The van der Waals surface area contributed by atoms with Gasteiger partial charge in [-0.1, -0.05) is 68.4 Å². The number of carbonyl (C=O) groups excluding carboxylic acids is 2. The van der Waals surface area contributed by atoms with Crippen LogP contribution in [-0.4, -0.2) is 35.8 Å². The first-order chi connectivity index (χ1) is 15.8. The fourth-order valence-electron chi connectivity index (χ4n) is 5.66. The van der Waals surface area contributed by atoms with Gasteiger partial charge in [-0.05, 0) is 43.4 Å². The van der Waals surface area contributed by atoms with E-state index < -0.39 is 0 Å². The number of rotatable bonds is 6. The van der Waals surface area contributed by atoms with E-state index in [1.165, 1.54) is 16.7 Å². The van der Waals surface area contributed by atoms with Crippen LogP contribution in [-0.2, 0) is 22.6 Å². The summed E-state index contributed by atoms with van der Waals surface area (Å²) in [5, 5.41) is 6.57. The molecular formula is C28H37N3O2. The van der Waals surface area contributed by atoms with Crippen molar-refractivity contribution in [2.75, 3.05) is 13.1 Å². The van der Waals surface area contributed by atoms with Crippen molar-refractivity contribution in [3.63, 3.8) is 0 Å². The van der Waals surface area contributed by atoms with Gasteiger partial charge in [0.25, 0.3) is 0 Å². The van der Waals surface area contributed by atoms with Gasteiger partial charge >= 0.3 is 0 Å². The predicted molar refractivity (Wildman–Crippen MR) is 131 cm³/mol. The molecule has 0 unspecified atom stereocenters. The highest BCUT2D eigenvalue weighted by molar-refractivity contribution is 5.82. The zero-order valence-corrected chi connectivity index (χ0v) is 20.3. The Balaban J connectivity index is 1.74. The van der Waals surface area contributed by atoms with E-state index in [1.54, 1.807) is 0 Å². The van der Waals surface area contributed by atoms with E-state index in [2.05, 4.69) is 58.0 Å². The van der Waals surface area contributed by atoms with Gasteiger partial charge in [0.05, 0.1) is 12.0 Å². The molecular weight excluding hydrogens is 410 g/mol. The molecule has 5 heteroatoms. The summed E-state index contributed by atoms with van der Waals surface area (Å²) < 4.78 is 0. The molecule has 2 aromatic carbocycles. The maximum Gasteiger partial charge on any atom is 0.225 e. The number of nitrogens with zero attached hydrogens (tertiary/aromatic N) is 1. The van der Waals surface area contributed by atoms with E-state index in [4.69, 9.17) is 0 Å². The first-order valence-corrected chi connectivity index (χ1v) is 12.2. The molecule has 1 spiro atoms. The Morgan fingerprint density at radius 2 is 1.73 bits per heavy atom. The topological polar surface area (TPSA) is 61.4 Å². The molecule has 0 bridgehead atoms. The summed E-state index contributed by atoms with van der Waals surface area (Å²) in [6.07, 6.45) is 1.81. The SMILES string of the molecule is CC(C)NC(=O)[C@H]1CN(Cc2ccccc2)C[C@@]12CCc1ccccc1[C@@H]2NC(=O)C(C)C. The van der Waals surface area contributed by atoms with Crippen molar-refractivity contribution < 1.29 is 9.59 Å². The number of hydrogen-bond acceptors (Lipinski definition) is 3. The molecule has 1 heterocycles. The molecule has 33 heavy (non-hydrogen) atoms. The quantitative estimate of drug-likeness (QED) is 0.701. The van der Waals surface area contributed by atoms with Crippen molar-refractivity contribution in [3.8, 4) is 0 Å². The molecule has 2 aromatic rings. The summed E-state index contributed by atoms with van der Waals surface area (Å²) in [5.41, 5.74) is 3.35. The minimum Gasteiger partial charge on any atom is -0.354 e. The van der Waals surface area contributed by atoms with Crippen LogP contribution < -0.4 is 10.6 Å². The Morgan fingerprint density at radius 1 is 1.03 bits per heavy atom. The third-order valence-electron chi connectivity index (χ3n) is 7.26. The van der Waals surface area contributed by atoms with Crippen molar-refractivity contribution in [2.45, 2.75) is 59.2 Å². The van der Waals surface area contributed by atoms with Gasteiger partial charge in [-0.15, -0.1) is 0 Å². The van der Waals surface area contributed by atoms with Crippen LogP contribution in [0.1, 0.15) is 56.8 Å². The minimum atomic E-state index is -0.341. The summed E-state index contributed by atoms with van der Waals surface area (Å²) >= 11 is 0. The summed E-state index contributed by atoms with van der Waals surface area (Å²) in [5.74, 6) is -0.153. The summed E-state index contributed by atoms with van der Waals surface area (Å²) in [4.78, 5) is 28.9. The molecule has 1 saturated heterocycles. The van der Waals surface area contributed by atoms with E-state index >= 15 is 0 Å². The lowest BCUT2D eigenvalue weighted by molar-refractivity contribution is -0.132. The highest BCUT2D eigenvalue weighted by Gasteiger charge is 2.56. The van der Waals surface area contributed by atoms with E-state index in [0.29, 0.717) is 6.54 Å². The Kier molecular flexibility index (Phi) is 6.89. The van der Waals surface area contributed by atoms with Crippen molar-refractivity contribution in [2.24, 2.45) is 17.3 Å². The molecule has 3 atom stereocenters. The van der Waals surface area contributed by atoms with Crippen LogP contribution in [0.25, 0.3) is 0 Å². The van der Waals surface area contributed by atoms with E-state index in [9.17, 15) is 9.59 Å². The first-order valence-electron chi connectivity index (χ1n) is 12.2. The number of nitrogens with one attached hydrogen (secondary N) is 2. The average Bonchev–Trinajstić information content (AvgIpc) is 3.14. The van der Waals surface area contributed by atoms with Gasteiger partial charge in [-0.2, -0.15) is 0 Å². The Bertz CT molecular complexity index is 988. The molecule has 2 aliphatic rings. The number of aryl methyl sites for hydroxylation is 1. The zero-order valence-electron chi connectivity index (χ0n) is 20.3. The summed E-state index contributed by atoms with van der Waals surface area (Å²) in [7, 11) is 0. The van der Waals surface area contributed by atoms with Crippen LogP contribution in [0, 0.1) is 17.3 Å². The first kappa shape index (κ1) is 23.5. The average molecular weight is 448 g/mol. The lowest BCUT2D eigenvalue weighted by Crippen LogP contribution is -2.53. The predicted octanol–water partition coefficient (Wildman–Crippen LogP) is 4.09. The Hall–Kier alpha value is -2.66. The van der Waals surface area contributed by atoms with Crippen LogP contribution in [0.5, 0.6) is 0 Å². The molecule has 1 aliphatic carbocycles. The van der Waals surface area contributed by atoms with Gasteiger partial charge in [0.2, 0.25) is 11.8 Å². The van der Waals surface area contributed by atoms with Crippen molar-refractivity contribution >= 4 is 11.8 Å². The molecule has 176 valence electrons. The Labute approximate surface area is 197 Å². The number of fused-ring (bicyclic) bond motifs is 1. The second kappa shape index (κ2) is 9.68. The standard InChI is InChI=1S/C28H37N3O2/c1-19(2)26(32)30-25-23-13-9-8-12-22(23)14-15-28(25)18-31(16-21-10-6-5-7-11-21)17-24(28)27(33)29-20(3)4/h5-13,19-20,24-25H,14-18H2,1-4H3,(H,29,33)(H,30,32)/t24-,25+,28+/m1/s1. The van der Waals surface area contributed by atoms with Crippen molar-refractivity contribution in [3.05, 3.63) is 71.3 Å². The second-order valence-corrected chi connectivity index (χ2v) is 10.4. The molecule has 0 aromatic heterocycles. The van der Waals surface area contributed by atoms with Gasteiger partial charge in [0.1, 0.15) is 0 Å². The normalized spacial score (nSPS) is 24.8. The lowest BCUT2D eigenvalue weighted by Gasteiger charge is -2.46. The van der Waals surface area contributed by atoms with Crippen molar-refractivity contribution in [1.82, 2.24) is 15.5 Å². The fraction of sp³-hybridized carbons (Fsp3) is 0.500. The second-order valence-electron chi connectivity index (χ2n) is 10.4. The highest BCUT2D eigenvalue weighted by Crippen LogP contribution is 2.53. The van der Waals surface area contributed by atoms with Crippen LogP contribution in [0.2, 0.25) is 0 Å². The molecule has 0 radical (unpaired) electrons. The lowest BCUT2D eigenvalue weighted by atomic mass is 9.62. The number of benzene rings is 2. The van der Waals surface area contributed by atoms with Crippen LogP contribution in [0.15, 0.2) is 54.6 Å². The largest absolute Gasteiger partial charge is 0.354 e. The summed E-state index contributed by atoms with van der Waals surface area (Å²) in [6, 6.07) is 18.8. The molecule has 1 aliphatic heterocycles. The van der Waals surface area contributed by atoms with Gasteiger partial charge in [-0.3, -0.25) is 14.5 Å². The molecule has 0 saturated carbocycles. The molecule has 5 nitrogen and oxygen atoms in total. The zero-order chi connectivity index (χ0) is 23.6. The molecule has 1 fully saturated rings. The highest BCUT2D eigenvalue weighted by atomic mass is 16.2. The Morgan fingerprint density at radius 3 is 2.42 bits per heavy atom. The molecule has 2 N–H and O–H groups in total. The number of carbonyl (C=O) groups is 2. The monoisotopic (exact) mass is 447 g/mol. The van der Waals surface area contributed by atoms with Gasteiger partial charge in [0.15, 0.2) is 0 Å². The third kappa shape index (κ3) is 4.84. The smallest absolute Gasteiger partial charge is 0.225 e. The molecule has 2 amide bonds. The maximum absolute atomic E-state index is 13.6. The minimum absolute atomic E-state index is 0.0422. The third-order valence-corrected chi connectivity index (χ3v) is 7.26. The number of hydrogen-bond donors (Lipinski definition) is 2. The van der Waals surface area contributed by atoms with Gasteiger partial charge in [0, 0.05) is 37.0 Å².